The van der Waals surface area contributed by atoms with E-state index in [0.29, 0.717) is 4.88 Å². The number of nitrogens with two attached hydrogens (primary N) is 1. The monoisotopic (exact) mass is 388 g/mol. The second-order valence-corrected chi connectivity index (χ2v) is 8.34. The van der Waals surface area contributed by atoms with Crippen LogP contribution in [0.5, 0.6) is 0 Å². The molecule has 5 rings (SSSR count). The van der Waals surface area contributed by atoms with E-state index in [1.165, 1.54) is 11.3 Å². The van der Waals surface area contributed by atoms with E-state index in [1.807, 2.05) is 31.2 Å². The summed E-state index contributed by atoms with van der Waals surface area (Å²) in [7, 11) is 0. The van der Waals surface area contributed by atoms with Crippen LogP contribution in [-0.4, -0.2) is 29.2 Å². The molecule has 2 aromatic heterocycles. The van der Waals surface area contributed by atoms with Crippen molar-refractivity contribution in [1.82, 2.24) is 10.2 Å². The molecule has 1 saturated heterocycles. The highest BCUT2D eigenvalue weighted by Gasteiger charge is 2.31. The van der Waals surface area contributed by atoms with E-state index in [-0.39, 0.29) is 11.8 Å². The Balaban J connectivity index is 1.56. The molecule has 4 aromatic rings. The Morgan fingerprint density at radius 3 is 2.57 bits per heavy atom. The second kappa shape index (κ2) is 6.56. The summed E-state index contributed by atoms with van der Waals surface area (Å²) in [5.74, 6) is 0.833. The molecule has 1 amide bonds. The van der Waals surface area contributed by atoms with Gasteiger partial charge in [-0.05, 0) is 30.4 Å². The number of aryl methyl sites for hydroxylation is 1. The van der Waals surface area contributed by atoms with Crippen molar-refractivity contribution >= 4 is 43.9 Å². The van der Waals surface area contributed by atoms with Gasteiger partial charge in [-0.3, -0.25) is 4.79 Å². The Hall–Kier alpha value is -2.99. The standard InChI is InChI=1S/C22H20N4OS/c1-13-15-6-2-3-7-16(15)22(25-24-13)26-11-10-14(12-26)19-17-8-4-5-9-18(17)28-20(19)21(23)27/h2-9,14H,10-12H2,1H3,(H2,23,27)/t14-/m0/s1. The quantitative estimate of drug-likeness (QED) is 0.570. The summed E-state index contributed by atoms with van der Waals surface area (Å²) in [5.41, 5.74) is 7.76. The number of fused-ring (bicyclic) bond motifs is 2. The molecule has 0 spiro atoms. The number of primary amides is 1. The van der Waals surface area contributed by atoms with Crippen LogP contribution in [0.2, 0.25) is 0 Å². The number of anilines is 1. The van der Waals surface area contributed by atoms with Crippen LogP contribution in [0.25, 0.3) is 20.9 Å². The Labute approximate surface area is 166 Å². The number of nitrogens with zero attached hydrogens (tertiary/aromatic N) is 3. The zero-order chi connectivity index (χ0) is 19.3. The first kappa shape index (κ1) is 17.1. The van der Waals surface area contributed by atoms with E-state index >= 15 is 0 Å². The number of hydrogen-bond acceptors (Lipinski definition) is 5. The summed E-state index contributed by atoms with van der Waals surface area (Å²) < 4.78 is 1.12. The Bertz CT molecular complexity index is 1220. The molecule has 0 unspecified atom stereocenters. The van der Waals surface area contributed by atoms with Gasteiger partial charge in [-0.25, -0.2) is 0 Å². The Morgan fingerprint density at radius 2 is 1.79 bits per heavy atom. The first-order chi connectivity index (χ1) is 13.6. The van der Waals surface area contributed by atoms with Crippen molar-refractivity contribution in [3.63, 3.8) is 0 Å². The van der Waals surface area contributed by atoms with Crippen LogP contribution in [0, 0.1) is 6.92 Å². The molecule has 0 saturated carbocycles. The fraction of sp³-hybridized carbons (Fsp3) is 0.227. The van der Waals surface area contributed by atoms with E-state index in [4.69, 9.17) is 5.73 Å². The van der Waals surface area contributed by atoms with E-state index in [1.54, 1.807) is 0 Å². The largest absolute Gasteiger partial charge is 0.365 e. The van der Waals surface area contributed by atoms with Gasteiger partial charge in [0.2, 0.25) is 0 Å². The number of carbonyl (C=O) groups excluding carboxylic acids is 1. The number of benzene rings is 2. The van der Waals surface area contributed by atoms with Gasteiger partial charge in [0.1, 0.15) is 0 Å². The van der Waals surface area contributed by atoms with Crippen LogP contribution in [0.3, 0.4) is 0 Å². The van der Waals surface area contributed by atoms with Crippen molar-refractivity contribution in [3.8, 4) is 0 Å². The summed E-state index contributed by atoms with van der Waals surface area (Å²) in [6.45, 7) is 3.68. The number of thiophene rings is 1. The topological polar surface area (TPSA) is 72.1 Å². The molecule has 5 nitrogen and oxygen atoms in total. The summed E-state index contributed by atoms with van der Waals surface area (Å²) in [6, 6.07) is 16.4. The molecule has 2 N–H and O–H groups in total. The van der Waals surface area contributed by atoms with Crippen molar-refractivity contribution in [1.29, 1.82) is 0 Å². The molecule has 140 valence electrons. The number of carbonyl (C=O) groups is 1. The molecule has 1 fully saturated rings. The molecule has 0 bridgehead atoms. The number of hydrogen-bond donors (Lipinski definition) is 1. The fourth-order valence-electron chi connectivity index (χ4n) is 4.30. The Morgan fingerprint density at radius 1 is 1.07 bits per heavy atom. The summed E-state index contributed by atoms with van der Waals surface area (Å²) >= 11 is 1.50. The third-order valence-electron chi connectivity index (χ3n) is 5.61. The van der Waals surface area contributed by atoms with Gasteiger partial charge in [0.25, 0.3) is 5.91 Å². The van der Waals surface area contributed by atoms with E-state index < -0.39 is 0 Å². The van der Waals surface area contributed by atoms with Crippen LogP contribution < -0.4 is 10.6 Å². The lowest BCUT2D eigenvalue weighted by Gasteiger charge is -2.19. The predicted molar refractivity (Wildman–Crippen MR) is 114 cm³/mol. The first-order valence-electron chi connectivity index (χ1n) is 9.41. The lowest BCUT2D eigenvalue weighted by Crippen LogP contribution is -2.22. The van der Waals surface area contributed by atoms with Crippen molar-refractivity contribution in [3.05, 3.63) is 64.7 Å². The number of amides is 1. The maximum absolute atomic E-state index is 12.1. The minimum absolute atomic E-state index is 0.250. The maximum atomic E-state index is 12.1. The highest BCUT2D eigenvalue weighted by Crippen LogP contribution is 2.41. The summed E-state index contributed by atoms with van der Waals surface area (Å²) in [5, 5.41) is 12.3. The zero-order valence-electron chi connectivity index (χ0n) is 15.6. The summed E-state index contributed by atoms with van der Waals surface area (Å²) in [4.78, 5) is 15.1. The lowest BCUT2D eigenvalue weighted by molar-refractivity contribution is 0.100. The Kier molecular flexibility index (Phi) is 4.02. The second-order valence-electron chi connectivity index (χ2n) is 7.29. The van der Waals surface area contributed by atoms with Gasteiger partial charge in [-0.1, -0.05) is 42.5 Å². The fourth-order valence-corrected chi connectivity index (χ4v) is 5.44. The van der Waals surface area contributed by atoms with Gasteiger partial charge < -0.3 is 10.6 Å². The number of aromatic nitrogens is 2. The van der Waals surface area contributed by atoms with Crippen molar-refractivity contribution in [2.45, 2.75) is 19.3 Å². The van der Waals surface area contributed by atoms with E-state index in [2.05, 4.69) is 39.4 Å². The van der Waals surface area contributed by atoms with Crippen molar-refractivity contribution in [2.75, 3.05) is 18.0 Å². The van der Waals surface area contributed by atoms with E-state index in [0.717, 1.165) is 57.4 Å². The normalized spacial score (nSPS) is 16.9. The average molecular weight is 388 g/mol. The van der Waals surface area contributed by atoms with Crippen LogP contribution in [-0.2, 0) is 0 Å². The first-order valence-corrected chi connectivity index (χ1v) is 10.2. The van der Waals surface area contributed by atoms with E-state index in [9.17, 15) is 4.79 Å². The van der Waals surface area contributed by atoms with Crippen LogP contribution in [0.4, 0.5) is 5.82 Å². The maximum Gasteiger partial charge on any atom is 0.259 e. The van der Waals surface area contributed by atoms with Gasteiger partial charge in [-0.15, -0.1) is 16.4 Å². The lowest BCUT2D eigenvalue weighted by atomic mass is 9.95. The minimum Gasteiger partial charge on any atom is -0.365 e. The molecule has 1 atom stereocenters. The molecule has 28 heavy (non-hydrogen) atoms. The molecular formula is C22H20N4OS. The average Bonchev–Trinajstić information content (AvgIpc) is 3.33. The van der Waals surface area contributed by atoms with Crippen LogP contribution in [0.15, 0.2) is 48.5 Å². The molecule has 2 aromatic carbocycles. The van der Waals surface area contributed by atoms with Gasteiger partial charge in [-0.2, -0.15) is 5.10 Å². The van der Waals surface area contributed by atoms with Crippen molar-refractivity contribution < 1.29 is 4.79 Å². The molecule has 3 heterocycles. The molecule has 0 aliphatic carbocycles. The summed E-state index contributed by atoms with van der Waals surface area (Å²) in [6.07, 6.45) is 0.963. The van der Waals surface area contributed by atoms with Crippen LogP contribution in [0.1, 0.15) is 33.3 Å². The van der Waals surface area contributed by atoms with Gasteiger partial charge in [0.15, 0.2) is 5.82 Å². The molecule has 6 heteroatoms. The SMILES string of the molecule is Cc1nnc(N2CC[C@H](c3c(C(N)=O)sc4ccccc34)C2)c2ccccc12. The third kappa shape index (κ3) is 2.64. The third-order valence-corrected chi connectivity index (χ3v) is 6.81. The van der Waals surface area contributed by atoms with Gasteiger partial charge >= 0.3 is 0 Å². The van der Waals surface area contributed by atoms with Crippen molar-refractivity contribution in [2.24, 2.45) is 5.73 Å². The van der Waals surface area contributed by atoms with Gasteiger partial charge in [0.05, 0.1) is 10.6 Å². The molecule has 1 aliphatic rings. The van der Waals surface area contributed by atoms with Crippen LogP contribution >= 0.6 is 11.3 Å². The minimum atomic E-state index is -0.338. The van der Waals surface area contributed by atoms with Gasteiger partial charge in [0, 0.05) is 34.5 Å². The predicted octanol–water partition coefficient (Wildman–Crippen LogP) is 4.25. The highest BCUT2D eigenvalue weighted by molar-refractivity contribution is 7.21. The molecular weight excluding hydrogens is 368 g/mol. The smallest absolute Gasteiger partial charge is 0.259 e. The highest BCUT2D eigenvalue weighted by atomic mass is 32.1. The zero-order valence-corrected chi connectivity index (χ0v) is 16.4. The molecule has 1 aliphatic heterocycles. The number of rotatable bonds is 3. The molecule has 0 radical (unpaired) electrons.